The van der Waals surface area contributed by atoms with Crippen LogP contribution in [0.5, 0.6) is 0 Å². The normalized spacial score (nSPS) is 14.5. The van der Waals surface area contributed by atoms with Gasteiger partial charge in [0.1, 0.15) is 0 Å². The number of nitrogens with zero attached hydrogens (tertiary/aromatic N) is 2. The van der Waals surface area contributed by atoms with Crippen molar-refractivity contribution in [3.63, 3.8) is 0 Å². The maximum atomic E-state index is 11.9. The lowest BCUT2D eigenvalue weighted by Crippen LogP contribution is -2.46. The summed E-state index contributed by atoms with van der Waals surface area (Å²) in [7, 11) is 0. The number of rotatable bonds is 7. The van der Waals surface area contributed by atoms with Crippen molar-refractivity contribution in [2.24, 2.45) is 5.92 Å². The van der Waals surface area contributed by atoms with Crippen LogP contribution in [-0.2, 0) is 11.3 Å². The van der Waals surface area contributed by atoms with Crippen molar-refractivity contribution in [2.75, 3.05) is 36.4 Å². The average Bonchev–Trinajstić information content (AvgIpc) is 2.75. The van der Waals surface area contributed by atoms with Crippen molar-refractivity contribution in [1.82, 2.24) is 10.2 Å². The Bertz CT molecular complexity index is 879. The molecule has 1 fully saturated rings. The Morgan fingerprint density at radius 3 is 2.39 bits per heavy atom. The number of nitrogens with one attached hydrogen (secondary N) is 2. The van der Waals surface area contributed by atoms with E-state index in [9.17, 15) is 4.79 Å². The zero-order chi connectivity index (χ0) is 22.2. The zero-order valence-electron chi connectivity index (χ0n) is 18.2. The zero-order valence-corrected chi connectivity index (χ0v) is 19.8. The quantitative estimate of drug-likeness (QED) is 0.577. The minimum Gasteiger partial charge on any atom is -0.369 e. The van der Waals surface area contributed by atoms with Gasteiger partial charge in [0.25, 0.3) is 0 Å². The first-order chi connectivity index (χ1) is 14.9. The third kappa shape index (κ3) is 7.49. The molecule has 3 rings (SSSR count). The number of hydrogen-bond donors (Lipinski definition) is 2. The molecule has 0 aliphatic carbocycles. The van der Waals surface area contributed by atoms with Gasteiger partial charge in [0.2, 0.25) is 5.91 Å². The molecule has 2 aromatic carbocycles. The van der Waals surface area contributed by atoms with E-state index < -0.39 is 0 Å². The molecule has 2 aromatic rings. The molecular weight excluding hydrogens is 428 g/mol. The van der Waals surface area contributed by atoms with Crippen LogP contribution in [0.2, 0.25) is 5.02 Å². The Hall–Kier alpha value is -2.15. The van der Waals surface area contributed by atoms with E-state index in [1.807, 2.05) is 30.3 Å². The average molecular weight is 459 g/mol. The van der Waals surface area contributed by atoms with Crippen LogP contribution in [0.25, 0.3) is 0 Å². The van der Waals surface area contributed by atoms with Crippen molar-refractivity contribution >= 4 is 46.2 Å². The first kappa shape index (κ1) is 23.5. The molecule has 0 unspecified atom stereocenters. The van der Waals surface area contributed by atoms with E-state index in [2.05, 4.69) is 52.5 Å². The minimum absolute atomic E-state index is 0.0440. The lowest BCUT2D eigenvalue weighted by atomic mass is 10.1. The number of anilines is 2. The van der Waals surface area contributed by atoms with Gasteiger partial charge >= 0.3 is 0 Å². The van der Waals surface area contributed by atoms with E-state index in [1.54, 1.807) is 0 Å². The summed E-state index contributed by atoms with van der Waals surface area (Å²) in [5.41, 5.74) is 3.24. The van der Waals surface area contributed by atoms with Crippen LogP contribution in [0.3, 0.4) is 0 Å². The van der Waals surface area contributed by atoms with Gasteiger partial charge in [-0.15, -0.1) is 0 Å². The summed E-state index contributed by atoms with van der Waals surface area (Å²) in [5, 5.41) is 7.01. The van der Waals surface area contributed by atoms with Gasteiger partial charge in [-0.05, 0) is 60.5 Å². The molecule has 0 bridgehead atoms. The van der Waals surface area contributed by atoms with Crippen LogP contribution in [0.4, 0.5) is 11.4 Å². The molecule has 1 saturated heterocycles. The van der Waals surface area contributed by atoms with Gasteiger partial charge in [0, 0.05) is 55.5 Å². The molecule has 0 radical (unpaired) electrons. The topological polar surface area (TPSA) is 47.6 Å². The van der Waals surface area contributed by atoms with E-state index in [4.69, 9.17) is 23.8 Å². The highest BCUT2D eigenvalue weighted by atomic mass is 35.5. The fraction of sp³-hybridized carbons (Fsp3) is 0.417. The highest BCUT2D eigenvalue weighted by Crippen LogP contribution is 2.22. The van der Waals surface area contributed by atoms with Gasteiger partial charge in [-0.25, -0.2) is 0 Å². The maximum absolute atomic E-state index is 11.9. The largest absolute Gasteiger partial charge is 0.369 e. The monoisotopic (exact) mass is 458 g/mol. The molecule has 31 heavy (non-hydrogen) atoms. The standard InChI is InChI=1S/C24H31ClN4OS/c1-18(2)7-12-23(30)27-24(31)26-20-8-10-21(11-9-20)29-15-13-28(14-16-29)17-19-5-3-4-6-22(19)25/h3-6,8-11,18H,7,12-17H2,1-2H3,(H2,26,27,30,31). The molecule has 7 heteroatoms. The second kappa shape index (κ2) is 11.5. The Labute approximate surface area is 195 Å². The Morgan fingerprint density at radius 1 is 1.06 bits per heavy atom. The summed E-state index contributed by atoms with van der Waals surface area (Å²) in [6, 6.07) is 16.2. The first-order valence-corrected chi connectivity index (χ1v) is 11.6. The Kier molecular flexibility index (Phi) is 8.69. The lowest BCUT2D eigenvalue weighted by molar-refractivity contribution is -0.119. The van der Waals surface area contributed by atoms with E-state index >= 15 is 0 Å². The number of benzene rings is 2. The summed E-state index contributed by atoms with van der Waals surface area (Å²) in [5.74, 6) is 0.454. The van der Waals surface area contributed by atoms with Crippen LogP contribution in [0, 0.1) is 5.92 Å². The molecular formula is C24H31ClN4OS. The number of thiocarbonyl (C=S) groups is 1. The number of amides is 1. The smallest absolute Gasteiger partial charge is 0.226 e. The Balaban J connectivity index is 1.45. The number of carbonyl (C=O) groups is 1. The highest BCUT2D eigenvalue weighted by molar-refractivity contribution is 7.80. The van der Waals surface area contributed by atoms with Crippen LogP contribution < -0.4 is 15.5 Å². The second-order valence-electron chi connectivity index (χ2n) is 8.34. The molecule has 0 spiro atoms. The van der Waals surface area contributed by atoms with Crippen LogP contribution >= 0.6 is 23.8 Å². The maximum Gasteiger partial charge on any atom is 0.226 e. The number of piperazine rings is 1. The molecule has 5 nitrogen and oxygen atoms in total. The Morgan fingerprint density at radius 2 is 1.74 bits per heavy atom. The van der Waals surface area contributed by atoms with Crippen LogP contribution in [0.1, 0.15) is 32.3 Å². The molecule has 1 aliphatic heterocycles. The summed E-state index contributed by atoms with van der Waals surface area (Å²) >= 11 is 11.6. The van der Waals surface area contributed by atoms with Gasteiger partial charge in [-0.2, -0.15) is 0 Å². The van der Waals surface area contributed by atoms with Crippen molar-refractivity contribution in [2.45, 2.75) is 33.2 Å². The minimum atomic E-state index is -0.0440. The van der Waals surface area contributed by atoms with Crippen molar-refractivity contribution in [1.29, 1.82) is 0 Å². The predicted molar refractivity (Wildman–Crippen MR) is 134 cm³/mol. The third-order valence-electron chi connectivity index (χ3n) is 5.42. The van der Waals surface area contributed by atoms with E-state index in [0.29, 0.717) is 17.5 Å². The predicted octanol–water partition coefficient (Wildman–Crippen LogP) is 4.91. The number of carbonyl (C=O) groups excluding carboxylic acids is 1. The van der Waals surface area contributed by atoms with E-state index in [0.717, 1.165) is 49.9 Å². The van der Waals surface area contributed by atoms with E-state index in [1.165, 1.54) is 11.3 Å². The van der Waals surface area contributed by atoms with Gasteiger partial charge in [-0.1, -0.05) is 43.6 Å². The lowest BCUT2D eigenvalue weighted by Gasteiger charge is -2.36. The van der Waals surface area contributed by atoms with Crippen LogP contribution in [-0.4, -0.2) is 42.1 Å². The molecule has 0 aromatic heterocycles. The third-order valence-corrected chi connectivity index (χ3v) is 5.99. The van der Waals surface area contributed by atoms with Crippen molar-refractivity contribution in [3.05, 3.63) is 59.1 Å². The van der Waals surface area contributed by atoms with Gasteiger partial charge in [0.05, 0.1) is 0 Å². The summed E-state index contributed by atoms with van der Waals surface area (Å²) < 4.78 is 0. The molecule has 2 N–H and O–H groups in total. The molecule has 0 atom stereocenters. The first-order valence-electron chi connectivity index (χ1n) is 10.8. The second-order valence-corrected chi connectivity index (χ2v) is 9.15. The molecule has 166 valence electrons. The summed E-state index contributed by atoms with van der Waals surface area (Å²) in [6.45, 7) is 9.03. The number of hydrogen-bond acceptors (Lipinski definition) is 4. The highest BCUT2D eigenvalue weighted by Gasteiger charge is 2.18. The van der Waals surface area contributed by atoms with E-state index in [-0.39, 0.29) is 5.91 Å². The summed E-state index contributed by atoms with van der Waals surface area (Å²) in [6.07, 6.45) is 1.34. The molecule has 1 aliphatic rings. The van der Waals surface area contributed by atoms with Crippen molar-refractivity contribution < 1.29 is 4.79 Å². The van der Waals surface area contributed by atoms with Gasteiger partial charge < -0.3 is 15.5 Å². The fourth-order valence-electron chi connectivity index (χ4n) is 3.56. The van der Waals surface area contributed by atoms with Crippen molar-refractivity contribution in [3.8, 4) is 0 Å². The molecule has 1 heterocycles. The molecule has 1 amide bonds. The van der Waals surface area contributed by atoms with Crippen LogP contribution in [0.15, 0.2) is 48.5 Å². The fourth-order valence-corrected chi connectivity index (χ4v) is 3.99. The molecule has 0 saturated carbocycles. The SMILES string of the molecule is CC(C)CCC(=O)NC(=S)Nc1ccc(N2CCN(Cc3ccccc3Cl)CC2)cc1. The summed E-state index contributed by atoms with van der Waals surface area (Å²) in [4.78, 5) is 16.7. The number of halogens is 1. The van der Waals surface area contributed by atoms with Gasteiger partial charge in [-0.3, -0.25) is 9.69 Å². The van der Waals surface area contributed by atoms with Gasteiger partial charge in [0.15, 0.2) is 5.11 Å².